The van der Waals surface area contributed by atoms with Crippen LogP contribution in [-0.4, -0.2) is 7.11 Å². The number of benzene rings is 2. The van der Waals surface area contributed by atoms with Gasteiger partial charge in [-0.15, -0.1) is 0 Å². The van der Waals surface area contributed by atoms with Crippen LogP contribution in [0.3, 0.4) is 0 Å². The molecule has 0 aliphatic rings. The molecule has 94 valence electrons. The summed E-state index contributed by atoms with van der Waals surface area (Å²) in [5.74, 6) is 0.834. The van der Waals surface area contributed by atoms with Crippen molar-refractivity contribution in [2.45, 2.75) is 13.8 Å². The zero-order valence-electron chi connectivity index (χ0n) is 10.6. The Morgan fingerprint density at radius 1 is 0.889 bits per heavy atom. The van der Waals surface area contributed by atoms with Crippen LogP contribution in [0, 0.1) is 13.8 Å². The molecule has 0 aliphatic heterocycles. The van der Waals surface area contributed by atoms with Gasteiger partial charge >= 0.3 is 0 Å². The number of aryl methyl sites for hydroxylation is 2. The van der Waals surface area contributed by atoms with E-state index in [9.17, 15) is 0 Å². The Bertz CT molecular complexity index is 571. The summed E-state index contributed by atoms with van der Waals surface area (Å²) < 4.78 is 5.46. The van der Waals surface area contributed by atoms with Gasteiger partial charge in [0.1, 0.15) is 5.75 Å². The molecule has 0 aromatic heterocycles. The molecule has 0 atom stereocenters. The summed E-state index contributed by atoms with van der Waals surface area (Å²) in [5.41, 5.74) is 4.10. The number of ether oxygens (including phenoxy) is 1. The maximum absolute atomic E-state index is 6.12. The standard InChI is InChI=1S/C15H14Cl2O/c1-9-4-11(7-12(16)5-9)14-8-13(17)6-10(2)15(14)18-3/h4-8H,1-3H3. The molecule has 0 heterocycles. The van der Waals surface area contributed by atoms with E-state index in [1.807, 2.05) is 38.1 Å². The molecule has 18 heavy (non-hydrogen) atoms. The van der Waals surface area contributed by atoms with E-state index < -0.39 is 0 Å². The zero-order valence-corrected chi connectivity index (χ0v) is 12.1. The highest BCUT2D eigenvalue weighted by Gasteiger charge is 2.11. The molecule has 0 fully saturated rings. The maximum Gasteiger partial charge on any atom is 0.129 e. The predicted octanol–water partition coefficient (Wildman–Crippen LogP) is 5.29. The summed E-state index contributed by atoms with van der Waals surface area (Å²) in [5, 5.41) is 1.41. The Balaban J connectivity index is 2.69. The zero-order chi connectivity index (χ0) is 13.3. The molecule has 0 radical (unpaired) electrons. The van der Waals surface area contributed by atoms with Gasteiger partial charge in [0.2, 0.25) is 0 Å². The topological polar surface area (TPSA) is 9.23 Å². The number of hydrogen-bond acceptors (Lipinski definition) is 1. The number of hydrogen-bond donors (Lipinski definition) is 0. The van der Waals surface area contributed by atoms with Gasteiger partial charge in [-0.3, -0.25) is 0 Å². The highest BCUT2D eigenvalue weighted by Crippen LogP contribution is 2.37. The lowest BCUT2D eigenvalue weighted by atomic mass is 10.0. The molecule has 2 aromatic rings. The van der Waals surface area contributed by atoms with E-state index in [1.54, 1.807) is 7.11 Å². The second-order valence-corrected chi connectivity index (χ2v) is 5.19. The summed E-state index contributed by atoms with van der Waals surface area (Å²) >= 11 is 12.2. The number of rotatable bonds is 2. The molecule has 3 heteroatoms. The molecule has 1 nitrogen and oxygen atoms in total. The van der Waals surface area contributed by atoms with Crippen molar-refractivity contribution in [2.75, 3.05) is 7.11 Å². The molecule has 0 spiro atoms. The Labute approximate surface area is 117 Å². The molecule has 0 aliphatic carbocycles. The third-order valence-corrected chi connectivity index (χ3v) is 3.23. The van der Waals surface area contributed by atoms with Crippen LogP contribution in [-0.2, 0) is 0 Å². The Morgan fingerprint density at radius 3 is 2.17 bits per heavy atom. The lowest BCUT2D eigenvalue weighted by Crippen LogP contribution is -1.92. The van der Waals surface area contributed by atoms with E-state index in [0.717, 1.165) is 28.0 Å². The smallest absolute Gasteiger partial charge is 0.129 e. The van der Waals surface area contributed by atoms with Gasteiger partial charge in [0.25, 0.3) is 0 Å². The van der Waals surface area contributed by atoms with Crippen LogP contribution >= 0.6 is 23.2 Å². The summed E-state index contributed by atoms with van der Waals surface area (Å²) in [4.78, 5) is 0. The highest BCUT2D eigenvalue weighted by molar-refractivity contribution is 6.31. The van der Waals surface area contributed by atoms with E-state index in [-0.39, 0.29) is 0 Å². The van der Waals surface area contributed by atoms with Crippen LogP contribution in [0.5, 0.6) is 5.75 Å². The Morgan fingerprint density at radius 2 is 1.56 bits per heavy atom. The SMILES string of the molecule is COc1c(C)cc(Cl)cc1-c1cc(C)cc(Cl)c1. The van der Waals surface area contributed by atoms with Gasteiger partial charge in [-0.2, -0.15) is 0 Å². The normalized spacial score (nSPS) is 10.5. The lowest BCUT2D eigenvalue weighted by molar-refractivity contribution is 0.413. The molecular weight excluding hydrogens is 267 g/mol. The quantitative estimate of drug-likeness (QED) is 0.727. The predicted molar refractivity (Wildman–Crippen MR) is 77.9 cm³/mol. The average Bonchev–Trinajstić information content (AvgIpc) is 2.26. The Hall–Kier alpha value is -1.18. The van der Waals surface area contributed by atoms with E-state index in [1.165, 1.54) is 0 Å². The van der Waals surface area contributed by atoms with Crippen molar-refractivity contribution in [3.63, 3.8) is 0 Å². The molecule has 2 rings (SSSR count). The van der Waals surface area contributed by atoms with Crippen molar-refractivity contribution in [3.8, 4) is 16.9 Å². The van der Waals surface area contributed by atoms with E-state index >= 15 is 0 Å². The van der Waals surface area contributed by atoms with Crippen LogP contribution in [0.4, 0.5) is 0 Å². The van der Waals surface area contributed by atoms with Gasteiger partial charge in [-0.05, 0) is 54.8 Å². The average molecular weight is 281 g/mol. The fourth-order valence-corrected chi connectivity index (χ4v) is 2.67. The lowest BCUT2D eigenvalue weighted by Gasteiger charge is -2.13. The van der Waals surface area contributed by atoms with E-state index in [4.69, 9.17) is 27.9 Å². The van der Waals surface area contributed by atoms with Crippen molar-refractivity contribution in [3.05, 3.63) is 51.5 Å². The van der Waals surface area contributed by atoms with Gasteiger partial charge < -0.3 is 4.74 Å². The molecule has 0 saturated carbocycles. The van der Waals surface area contributed by atoms with E-state index in [0.29, 0.717) is 10.0 Å². The summed E-state index contributed by atoms with van der Waals surface area (Å²) in [7, 11) is 1.66. The van der Waals surface area contributed by atoms with Gasteiger partial charge in [0, 0.05) is 15.6 Å². The first kappa shape index (κ1) is 13.3. The van der Waals surface area contributed by atoms with Gasteiger partial charge in [0.15, 0.2) is 0 Å². The third kappa shape index (κ3) is 2.63. The summed E-state index contributed by atoms with van der Waals surface area (Å²) in [6.07, 6.45) is 0. The van der Waals surface area contributed by atoms with E-state index in [2.05, 4.69) is 6.07 Å². The van der Waals surface area contributed by atoms with Crippen LogP contribution < -0.4 is 4.74 Å². The van der Waals surface area contributed by atoms with Gasteiger partial charge in [-0.25, -0.2) is 0 Å². The fraction of sp³-hybridized carbons (Fsp3) is 0.200. The maximum atomic E-state index is 6.12. The van der Waals surface area contributed by atoms with Gasteiger partial charge in [-0.1, -0.05) is 29.3 Å². The van der Waals surface area contributed by atoms with Crippen molar-refractivity contribution >= 4 is 23.2 Å². The monoisotopic (exact) mass is 280 g/mol. The summed E-state index contributed by atoms with van der Waals surface area (Å²) in [6, 6.07) is 9.70. The molecule has 0 N–H and O–H groups in total. The number of halogens is 2. The largest absolute Gasteiger partial charge is 0.496 e. The minimum Gasteiger partial charge on any atom is -0.496 e. The van der Waals surface area contributed by atoms with Crippen molar-refractivity contribution < 1.29 is 4.74 Å². The first-order valence-electron chi connectivity index (χ1n) is 5.63. The van der Waals surface area contributed by atoms with Crippen LogP contribution in [0.15, 0.2) is 30.3 Å². The van der Waals surface area contributed by atoms with Crippen LogP contribution in [0.2, 0.25) is 10.0 Å². The molecule has 0 saturated heterocycles. The number of methoxy groups -OCH3 is 1. The van der Waals surface area contributed by atoms with Crippen LogP contribution in [0.25, 0.3) is 11.1 Å². The minimum absolute atomic E-state index is 0.695. The van der Waals surface area contributed by atoms with Crippen LogP contribution in [0.1, 0.15) is 11.1 Å². The first-order chi connectivity index (χ1) is 8.51. The minimum atomic E-state index is 0.695. The first-order valence-corrected chi connectivity index (χ1v) is 6.38. The van der Waals surface area contributed by atoms with Crippen molar-refractivity contribution in [2.24, 2.45) is 0 Å². The second kappa shape index (κ2) is 5.21. The molecule has 0 bridgehead atoms. The van der Waals surface area contributed by atoms with Gasteiger partial charge in [0.05, 0.1) is 7.11 Å². The highest BCUT2D eigenvalue weighted by atomic mass is 35.5. The Kier molecular flexibility index (Phi) is 3.84. The molecular formula is C15H14Cl2O. The molecule has 0 unspecified atom stereocenters. The summed E-state index contributed by atoms with van der Waals surface area (Å²) in [6.45, 7) is 3.99. The van der Waals surface area contributed by atoms with Crippen molar-refractivity contribution in [1.82, 2.24) is 0 Å². The molecule has 0 amide bonds. The van der Waals surface area contributed by atoms with Crippen molar-refractivity contribution in [1.29, 1.82) is 0 Å². The third-order valence-electron chi connectivity index (χ3n) is 2.80. The second-order valence-electron chi connectivity index (χ2n) is 4.32. The fourth-order valence-electron chi connectivity index (χ4n) is 2.11. The molecule has 2 aromatic carbocycles.